The van der Waals surface area contributed by atoms with Crippen LogP contribution >= 0.6 is 0 Å². The van der Waals surface area contributed by atoms with Gasteiger partial charge in [-0.1, -0.05) is 0 Å². The molecule has 2 heterocycles. The summed E-state index contributed by atoms with van der Waals surface area (Å²) in [4.78, 5) is 8.82. The fraction of sp³-hybridized carbons (Fsp3) is 0.571. The third-order valence-corrected chi connectivity index (χ3v) is 7.16. The number of hydrogen-bond acceptors (Lipinski definition) is 1. The molecule has 6 rings (SSSR count). The molecular formula is C21H27N3. The molecule has 24 heavy (non-hydrogen) atoms. The van der Waals surface area contributed by atoms with Gasteiger partial charge >= 0.3 is 0 Å². The third-order valence-electron chi connectivity index (χ3n) is 7.16. The van der Waals surface area contributed by atoms with Gasteiger partial charge in [0, 0.05) is 19.5 Å². The average molecular weight is 321 g/mol. The van der Waals surface area contributed by atoms with Crippen molar-refractivity contribution in [2.75, 3.05) is 0 Å². The highest BCUT2D eigenvalue weighted by Gasteiger charge is 2.55. The van der Waals surface area contributed by atoms with Crippen molar-refractivity contribution in [3.63, 3.8) is 0 Å². The van der Waals surface area contributed by atoms with Crippen molar-refractivity contribution < 1.29 is 0 Å². The van der Waals surface area contributed by atoms with Crippen molar-refractivity contribution in [2.24, 2.45) is 29.8 Å². The molecule has 0 aliphatic heterocycles. The number of aromatic amines is 1. The SMILES string of the molecule is Cc1c(C=NC23CC4CC(C2)C(C4)C3)[nH]c(-c2cccn2C)c1C. The number of nitrogens with zero attached hydrogens (tertiary/aromatic N) is 2. The van der Waals surface area contributed by atoms with Gasteiger partial charge < -0.3 is 9.55 Å². The van der Waals surface area contributed by atoms with Gasteiger partial charge in [0.05, 0.1) is 22.6 Å². The van der Waals surface area contributed by atoms with Gasteiger partial charge in [0.15, 0.2) is 0 Å². The average Bonchev–Trinajstić information content (AvgIpc) is 3.23. The lowest BCUT2D eigenvalue weighted by molar-refractivity contribution is 0.237. The van der Waals surface area contributed by atoms with Crippen LogP contribution in [0.5, 0.6) is 0 Å². The molecule has 2 atom stereocenters. The maximum absolute atomic E-state index is 5.18. The van der Waals surface area contributed by atoms with Crippen LogP contribution in [0.15, 0.2) is 23.3 Å². The van der Waals surface area contributed by atoms with E-state index in [1.54, 1.807) is 0 Å². The van der Waals surface area contributed by atoms with Gasteiger partial charge in [0.2, 0.25) is 0 Å². The second-order valence-corrected chi connectivity index (χ2v) is 8.62. The van der Waals surface area contributed by atoms with Crippen LogP contribution in [-0.2, 0) is 7.05 Å². The monoisotopic (exact) mass is 321 g/mol. The number of rotatable bonds is 3. The third kappa shape index (κ3) is 2.00. The molecule has 0 amide bonds. The van der Waals surface area contributed by atoms with Crippen LogP contribution < -0.4 is 0 Å². The van der Waals surface area contributed by atoms with Gasteiger partial charge in [-0.3, -0.25) is 4.99 Å². The van der Waals surface area contributed by atoms with Crippen molar-refractivity contribution in [3.05, 3.63) is 35.2 Å². The first-order chi connectivity index (χ1) is 11.5. The molecule has 2 unspecified atom stereocenters. The Morgan fingerprint density at radius 3 is 2.54 bits per heavy atom. The lowest BCUT2D eigenvalue weighted by atomic mass is 9.76. The van der Waals surface area contributed by atoms with E-state index in [9.17, 15) is 0 Å². The summed E-state index contributed by atoms with van der Waals surface area (Å²) in [6.07, 6.45) is 11.2. The van der Waals surface area contributed by atoms with Crippen LogP contribution in [0.4, 0.5) is 0 Å². The molecule has 0 aromatic carbocycles. The second kappa shape index (κ2) is 4.87. The Labute approximate surface area is 144 Å². The Morgan fingerprint density at radius 1 is 1.17 bits per heavy atom. The quantitative estimate of drug-likeness (QED) is 0.799. The van der Waals surface area contributed by atoms with E-state index in [0.717, 1.165) is 17.8 Å². The minimum Gasteiger partial charge on any atom is -0.352 e. The fourth-order valence-corrected chi connectivity index (χ4v) is 5.94. The summed E-state index contributed by atoms with van der Waals surface area (Å²) >= 11 is 0. The lowest BCUT2D eigenvalue weighted by Gasteiger charge is -2.34. The maximum Gasteiger partial charge on any atom is 0.0658 e. The largest absolute Gasteiger partial charge is 0.352 e. The van der Waals surface area contributed by atoms with Crippen LogP contribution in [0.25, 0.3) is 11.4 Å². The molecule has 126 valence electrons. The van der Waals surface area contributed by atoms with Crippen LogP contribution in [0.1, 0.15) is 48.9 Å². The maximum atomic E-state index is 5.18. The Bertz CT molecular complexity index is 803. The van der Waals surface area contributed by atoms with E-state index in [1.807, 2.05) is 0 Å². The molecule has 4 aliphatic rings. The van der Waals surface area contributed by atoms with Crippen molar-refractivity contribution in [3.8, 4) is 11.4 Å². The van der Waals surface area contributed by atoms with Gasteiger partial charge in [-0.15, -0.1) is 0 Å². The first-order valence-electron chi connectivity index (χ1n) is 9.41. The summed E-state index contributed by atoms with van der Waals surface area (Å²) in [6.45, 7) is 4.43. The predicted molar refractivity (Wildman–Crippen MR) is 98.6 cm³/mol. The highest BCUT2D eigenvalue weighted by Crippen LogP contribution is 2.61. The molecule has 4 fully saturated rings. The number of aromatic nitrogens is 2. The van der Waals surface area contributed by atoms with E-state index in [4.69, 9.17) is 4.99 Å². The van der Waals surface area contributed by atoms with Crippen LogP contribution in [-0.4, -0.2) is 21.3 Å². The normalized spacial score (nSPS) is 34.0. The van der Waals surface area contributed by atoms with Gasteiger partial charge in [-0.2, -0.15) is 0 Å². The molecular weight excluding hydrogens is 294 g/mol. The molecule has 4 saturated carbocycles. The van der Waals surface area contributed by atoms with E-state index in [0.29, 0.717) is 0 Å². The molecule has 4 bridgehead atoms. The van der Waals surface area contributed by atoms with Crippen molar-refractivity contribution in [1.29, 1.82) is 0 Å². The summed E-state index contributed by atoms with van der Waals surface area (Å²) < 4.78 is 2.17. The molecule has 2 aromatic heterocycles. The summed E-state index contributed by atoms with van der Waals surface area (Å²) in [6, 6.07) is 4.28. The van der Waals surface area contributed by atoms with Crippen LogP contribution in [0, 0.1) is 31.6 Å². The smallest absolute Gasteiger partial charge is 0.0658 e. The van der Waals surface area contributed by atoms with Crippen molar-refractivity contribution >= 4 is 6.21 Å². The molecule has 0 radical (unpaired) electrons. The van der Waals surface area contributed by atoms with Gasteiger partial charge in [0.25, 0.3) is 0 Å². The molecule has 1 N–H and O–H groups in total. The number of aryl methyl sites for hydroxylation is 1. The van der Waals surface area contributed by atoms with E-state index in [1.165, 1.54) is 60.3 Å². The Balaban J connectivity index is 1.47. The van der Waals surface area contributed by atoms with E-state index in [2.05, 4.69) is 55.0 Å². The molecule has 3 heteroatoms. The standard InChI is InChI=1S/C21H27N3/c1-13-14(2)20(19-5-4-6-24(19)3)23-18(13)12-22-21-9-15-7-16(10-21)17(8-15)11-21/h4-6,12,15-17,23H,7-11H2,1-3H3. The number of aliphatic imine (C=N–C) groups is 1. The van der Waals surface area contributed by atoms with E-state index >= 15 is 0 Å². The molecule has 4 aliphatic carbocycles. The molecule has 0 spiro atoms. The number of nitrogens with one attached hydrogen (secondary N) is 1. The molecule has 3 nitrogen and oxygen atoms in total. The zero-order valence-corrected chi connectivity index (χ0v) is 15.0. The Hall–Kier alpha value is -1.77. The van der Waals surface area contributed by atoms with Crippen molar-refractivity contribution in [1.82, 2.24) is 9.55 Å². The van der Waals surface area contributed by atoms with Gasteiger partial charge in [-0.05, 0) is 87.0 Å². The first-order valence-corrected chi connectivity index (χ1v) is 9.41. The highest BCUT2D eigenvalue weighted by molar-refractivity contribution is 5.83. The van der Waals surface area contributed by atoms with E-state index < -0.39 is 0 Å². The molecule has 2 aromatic rings. The van der Waals surface area contributed by atoms with Crippen LogP contribution in [0.3, 0.4) is 0 Å². The first kappa shape index (κ1) is 14.6. The minimum atomic E-state index is 0.271. The topological polar surface area (TPSA) is 33.1 Å². The fourth-order valence-electron chi connectivity index (χ4n) is 5.94. The van der Waals surface area contributed by atoms with Crippen molar-refractivity contribution in [2.45, 2.75) is 51.5 Å². The Morgan fingerprint density at radius 2 is 1.92 bits per heavy atom. The zero-order chi connectivity index (χ0) is 16.5. The van der Waals surface area contributed by atoms with Gasteiger partial charge in [0.1, 0.15) is 0 Å². The summed E-state index contributed by atoms with van der Waals surface area (Å²) in [5, 5.41) is 0. The molecule has 0 saturated heterocycles. The minimum absolute atomic E-state index is 0.271. The Kier molecular flexibility index (Phi) is 2.96. The number of H-pyrrole nitrogens is 1. The second-order valence-electron chi connectivity index (χ2n) is 8.62. The summed E-state index contributed by atoms with van der Waals surface area (Å²) in [5.41, 5.74) is 6.62. The zero-order valence-electron chi connectivity index (χ0n) is 15.0. The number of hydrogen-bond donors (Lipinski definition) is 1. The predicted octanol–water partition coefficient (Wildman–Crippen LogP) is 4.63. The highest BCUT2D eigenvalue weighted by atomic mass is 15.0. The summed E-state index contributed by atoms with van der Waals surface area (Å²) in [7, 11) is 2.10. The summed E-state index contributed by atoms with van der Waals surface area (Å²) in [5.74, 6) is 2.92. The van der Waals surface area contributed by atoms with E-state index in [-0.39, 0.29) is 5.54 Å². The van der Waals surface area contributed by atoms with Gasteiger partial charge in [-0.25, -0.2) is 0 Å². The van der Waals surface area contributed by atoms with Crippen LogP contribution in [0.2, 0.25) is 0 Å². The lowest BCUT2D eigenvalue weighted by Crippen LogP contribution is -2.32.